The summed E-state index contributed by atoms with van der Waals surface area (Å²) in [4.78, 5) is 38.9. The van der Waals surface area contributed by atoms with Crippen LogP contribution in [-0.4, -0.2) is 63.6 Å². The van der Waals surface area contributed by atoms with Gasteiger partial charge in [-0.05, 0) is 18.9 Å². The SMILES string of the molecule is O=C(O)C(F)(F)F.O=C(OC1C[C@@H]2CC3C[C@H](C1)N2CC3=O)c1c[nH]c2ccccc12. The Morgan fingerprint density at radius 2 is 1.71 bits per heavy atom. The summed E-state index contributed by atoms with van der Waals surface area (Å²) in [6.07, 6.45) is 0.211. The molecule has 0 aliphatic carbocycles. The number of fused-ring (bicyclic) bond motifs is 2. The van der Waals surface area contributed by atoms with Crippen molar-refractivity contribution in [2.75, 3.05) is 6.54 Å². The number of carbonyl (C=O) groups excluding carboxylic acids is 2. The average molecular weight is 438 g/mol. The van der Waals surface area contributed by atoms with Crippen LogP contribution in [-0.2, 0) is 14.3 Å². The molecule has 0 amide bonds. The molecule has 166 valence electrons. The summed E-state index contributed by atoms with van der Waals surface area (Å²) in [6, 6.07) is 8.58. The number of alkyl halides is 3. The predicted octanol–water partition coefficient (Wildman–Crippen LogP) is 3.15. The molecule has 1 aromatic carbocycles. The zero-order valence-corrected chi connectivity index (χ0v) is 16.4. The number of rotatable bonds is 2. The van der Waals surface area contributed by atoms with Crippen LogP contribution in [0.25, 0.3) is 10.9 Å². The molecule has 4 bridgehead atoms. The van der Waals surface area contributed by atoms with Crippen LogP contribution >= 0.6 is 0 Å². The third-order valence-corrected chi connectivity index (χ3v) is 6.24. The van der Waals surface area contributed by atoms with Crippen molar-refractivity contribution in [1.82, 2.24) is 9.88 Å². The number of nitrogens with one attached hydrogen (secondary N) is 1. The van der Waals surface area contributed by atoms with Crippen molar-refractivity contribution in [2.45, 2.75) is 50.0 Å². The van der Waals surface area contributed by atoms with E-state index in [0.29, 0.717) is 30.0 Å². The van der Waals surface area contributed by atoms with E-state index in [2.05, 4.69) is 9.88 Å². The first-order chi connectivity index (χ1) is 14.6. The van der Waals surface area contributed by atoms with Crippen molar-refractivity contribution < 1.29 is 37.4 Å². The summed E-state index contributed by atoms with van der Waals surface area (Å²) in [5.41, 5.74) is 1.56. The molecule has 4 saturated heterocycles. The lowest BCUT2D eigenvalue weighted by Crippen LogP contribution is -2.63. The molecule has 3 unspecified atom stereocenters. The molecule has 1 aromatic heterocycles. The number of carbonyl (C=O) groups is 3. The number of para-hydroxylation sites is 1. The van der Waals surface area contributed by atoms with Gasteiger partial charge in [0.1, 0.15) is 11.9 Å². The van der Waals surface area contributed by atoms with Crippen molar-refractivity contribution in [3.8, 4) is 0 Å². The topological polar surface area (TPSA) is 99.7 Å². The van der Waals surface area contributed by atoms with Gasteiger partial charge in [-0.15, -0.1) is 0 Å². The van der Waals surface area contributed by atoms with E-state index in [1.54, 1.807) is 6.20 Å². The zero-order chi connectivity index (χ0) is 22.3. The summed E-state index contributed by atoms with van der Waals surface area (Å²) in [6.45, 7) is 0.600. The van der Waals surface area contributed by atoms with Crippen LogP contribution in [0, 0.1) is 5.92 Å². The molecule has 0 spiro atoms. The van der Waals surface area contributed by atoms with Gasteiger partial charge in [-0.3, -0.25) is 9.69 Å². The monoisotopic (exact) mass is 438 g/mol. The number of nitrogens with zero attached hydrogens (tertiary/aromatic N) is 1. The number of benzene rings is 1. The quantitative estimate of drug-likeness (QED) is 0.699. The van der Waals surface area contributed by atoms with Gasteiger partial charge in [-0.1, -0.05) is 18.2 Å². The highest BCUT2D eigenvalue weighted by atomic mass is 19.4. The highest BCUT2D eigenvalue weighted by molar-refractivity contribution is 6.04. The minimum absolute atomic E-state index is 0.0356. The maximum absolute atomic E-state index is 12.6. The van der Waals surface area contributed by atoms with E-state index in [-0.39, 0.29) is 18.0 Å². The zero-order valence-electron chi connectivity index (χ0n) is 16.4. The summed E-state index contributed by atoms with van der Waals surface area (Å²) >= 11 is 0. The van der Waals surface area contributed by atoms with Crippen LogP contribution in [0.2, 0.25) is 0 Å². The maximum atomic E-state index is 12.6. The number of esters is 1. The van der Waals surface area contributed by atoms with Gasteiger partial charge in [0, 0.05) is 47.9 Å². The van der Waals surface area contributed by atoms with Crippen molar-refractivity contribution in [2.24, 2.45) is 5.92 Å². The molecule has 5 atom stereocenters. The lowest BCUT2D eigenvalue weighted by Gasteiger charge is -2.54. The van der Waals surface area contributed by atoms with Gasteiger partial charge in [0.05, 0.1) is 12.1 Å². The number of H-pyrrole nitrogens is 1. The predicted molar refractivity (Wildman–Crippen MR) is 102 cm³/mol. The normalized spacial score (nSPS) is 29.3. The van der Waals surface area contributed by atoms with Crippen LogP contribution < -0.4 is 0 Å². The Hall–Kier alpha value is -2.88. The minimum atomic E-state index is -5.08. The fourth-order valence-electron chi connectivity index (χ4n) is 4.87. The number of ketones is 1. The third kappa shape index (κ3) is 4.30. The van der Waals surface area contributed by atoms with Gasteiger partial charge < -0.3 is 14.8 Å². The molecule has 10 heteroatoms. The highest BCUT2D eigenvalue weighted by Gasteiger charge is 2.49. The highest BCUT2D eigenvalue weighted by Crippen LogP contribution is 2.42. The number of carboxylic acid groups (broad SMARTS) is 1. The Morgan fingerprint density at radius 1 is 1.10 bits per heavy atom. The molecule has 5 heterocycles. The van der Waals surface area contributed by atoms with E-state index < -0.39 is 12.1 Å². The van der Waals surface area contributed by atoms with E-state index >= 15 is 0 Å². The van der Waals surface area contributed by atoms with Gasteiger partial charge in [-0.25, -0.2) is 9.59 Å². The first-order valence-corrected chi connectivity index (χ1v) is 9.99. The number of Topliss-reactive ketones (excluding diaryl/α,β-unsaturated/α-hetero) is 1. The third-order valence-electron chi connectivity index (χ3n) is 6.24. The first kappa shape index (κ1) is 21.4. The average Bonchev–Trinajstić information content (AvgIpc) is 3.12. The van der Waals surface area contributed by atoms with Crippen molar-refractivity contribution in [3.05, 3.63) is 36.0 Å². The molecule has 0 saturated carbocycles. The molecular weight excluding hydrogens is 417 g/mol. The van der Waals surface area contributed by atoms with Gasteiger partial charge in [0.15, 0.2) is 0 Å². The Labute approximate surface area is 175 Å². The van der Waals surface area contributed by atoms with Crippen LogP contribution in [0.1, 0.15) is 36.0 Å². The largest absolute Gasteiger partial charge is 0.490 e. The Morgan fingerprint density at radius 3 is 2.29 bits per heavy atom. The number of aromatic amines is 1. The van der Waals surface area contributed by atoms with Crippen LogP contribution in [0.5, 0.6) is 0 Å². The van der Waals surface area contributed by atoms with Gasteiger partial charge in [0.25, 0.3) is 0 Å². The number of aromatic nitrogens is 1. The number of piperidine rings is 4. The maximum Gasteiger partial charge on any atom is 0.490 e. The molecule has 0 radical (unpaired) electrons. The van der Waals surface area contributed by atoms with Gasteiger partial charge >= 0.3 is 18.1 Å². The van der Waals surface area contributed by atoms with Crippen molar-refractivity contribution in [1.29, 1.82) is 0 Å². The molecule has 4 fully saturated rings. The first-order valence-electron chi connectivity index (χ1n) is 9.99. The second-order valence-electron chi connectivity index (χ2n) is 8.16. The molecule has 2 aromatic rings. The van der Waals surface area contributed by atoms with E-state index in [1.165, 1.54) is 0 Å². The van der Waals surface area contributed by atoms with E-state index in [4.69, 9.17) is 14.6 Å². The molecule has 31 heavy (non-hydrogen) atoms. The summed E-state index contributed by atoms with van der Waals surface area (Å²) < 4.78 is 37.6. The molecule has 6 rings (SSSR count). The van der Waals surface area contributed by atoms with Gasteiger partial charge in [0.2, 0.25) is 0 Å². The fourth-order valence-corrected chi connectivity index (χ4v) is 4.87. The summed E-state index contributed by atoms with van der Waals surface area (Å²) in [7, 11) is 0. The Bertz CT molecular complexity index is 1000. The second kappa shape index (κ2) is 7.99. The number of halogens is 3. The molecule has 4 aliphatic rings. The van der Waals surface area contributed by atoms with Crippen LogP contribution in [0.4, 0.5) is 13.2 Å². The van der Waals surface area contributed by atoms with E-state index in [9.17, 15) is 22.8 Å². The summed E-state index contributed by atoms with van der Waals surface area (Å²) in [5, 5.41) is 8.03. The van der Waals surface area contributed by atoms with Crippen molar-refractivity contribution in [3.63, 3.8) is 0 Å². The van der Waals surface area contributed by atoms with E-state index in [0.717, 1.165) is 36.6 Å². The standard InChI is InChI=1S/C19H20N2O3.C2HF3O2/c22-18-10-21-12-5-11(18)6-13(21)8-14(7-12)24-19(23)16-9-20-17-4-2-1-3-15(16)17;3-2(4,5)1(6)7/h1-4,9,11-14,20H,5-8,10H2;(H,6,7)/t11?,12-,13+,14?;. The Kier molecular flexibility index (Phi) is 5.50. The van der Waals surface area contributed by atoms with E-state index in [1.807, 2.05) is 24.3 Å². The molecule has 2 N–H and O–H groups in total. The molecular formula is C21H21F3N2O5. The number of carboxylic acids is 1. The lowest BCUT2D eigenvalue weighted by molar-refractivity contribution is -0.192. The molecule has 4 aliphatic heterocycles. The fraction of sp³-hybridized carbons (Fsp3) is 0.476. The van der Waals surface area contributed by atoms with Crippen molar-refractivity contribution >= 4 is 28.6 Å². The number of hydrogen-bond donors (Lipinski definition) is 2. The van der Waals surface area contributed by atoms with Crippen LogP contribution in [0.3, 0.4) is 0 Å². The summed E-state index contributed by atoms with van der Waals surface area (Å²) in [5.74, 6) is -2.35. The van der Waals surface area contributed by atoms with Crippen LogP contribution in [0.15, 0.2) is 30.5 Å². The smallest absolute Gasteiger partial charge is 0.475 e. The number of hydrogen-bond acceptors (Lipinski definition) is 5. The Balaban J connectivity index is 0.000000289. The number of aliphatic carboxylic acids is 1. The molecule has 7 nitrogen and oxygen atoms in total. The number of ether oxygens (including phenoxy) is 1. The second-order valence-corrected chi connectivity index (χ2v) is 8.16. The lowest BCUT2D eigenvalue weighted by atomic mass is 9.72. The van der Waals surface area contributed by atoms with Gasteiger partial charge in [-0.2, -0.15) is 13.2 Å². The minimum Gasteiger partial charge on any atom is -0.475 e.